The van der Waals surface area contributed by atoms with E-state index in [-0.39, 0.29) is 5.91 Å². The van der Waals surface area contributed by atoms with Crippen LogP contribution in [0, 0.1) is 0 Å². The van der Waals surface area contributed by atoms with Crippen LogP contribution in [0.15, 0.2) is 42.6 Å². The molecule has 20 heavy (non-hydrogen) atoms. The fraction of sp³-hybridized carbons (Fsp3) is 0. The van der Waals surface area contributed by atoms with Gasteiger partial charge in [0.05, 0.1) is 23.0 Å². The summed E-state index contributed by atoms with van der Waals surface area (Å²) in [6, 6.07) is 10.3. The van der Waals surface area contributed by atoms with Gasteiger partial charge in [-0.25, -0.2) is 0 Å². The highest BCUT2D eigenvalue weighted by atomic mass is 35.5. The third-order valence-corrected chi connectivity index (χ3v) is 3.23. The third-order valence-electron chi connectivity index (χ3n) is 2.99. The number of anilines is 2. The Morgan fingerprint density at radius 2 is 2.15 bits per heavy atom. The second kappa shape index (κ2) is 4.86. The zero-order chi connectivity index (χ0) is 14.1. The molecule has 6 heteroatoms. The second-order valence-corrected chi connectivity index (χ2v) is 4.76. The normalized spacial score (nSPS) is 10.7. The number of carbonyl (C=O) groups is 1. The number of carbonyl (C=O) groups excluding carboxylic acids is 1. The van der Waals surface area contributed by atoms with Crippen LogP contribution in [0.4, 0.5) is 11.4 Å². The molecule has 0 aliphatic carbocycles. The smallest absolute Gasteiger partial charge is 0.257 e. The molecule has 0 fully saturated rings. The van der Waals surface area contributed by atoms with Gasteiger partial charge in [0.25, 0.3) is 5.91 Å². The molecule has 0 bridgehead atoms. The average Bonchev–Trinajstić information content (AvgIpc) is 2.91. The fourth-order valence-corrected chi connectivity index (χ4v) is 2.16. The zero-order valence-corrected chi connectivity index (χ0v) is 11.1. The molecule has 0 saturated heterocycles. The van der Waals surface area contributed by atoms with Gasteiger partial charge in [-0.1, -0.05) is 17.7 Å². The Hall–Kier alpha value is -2.53. The quantitative estimate of drug-likeness (QED) is 0.633. The van der Waals surface area contributed by atoms with Gasteiger partial charge in [0.15, 0.2) is 0 Å². The number of nitrogens with one attached hydrogen (secondary N) is 2. The Morgan fingerprint density at radius 3 is 3.00 bits per heavy atom. The summed E-state index contributed by atoms with van der Waals surface area (Å²) in [6.45, 7) is 0. The molecule has 0 unspecified atom stereocenters. The van der Waals surface area contributed by atoms with E-state index in [0.717, 1.165) is 10.9 Å². The number of nitrogen functional groups attached to an aromatic ring is 1. The van der Waals surface area contributed by atoms with Gasteiger partial charge < -0.3 is 11.1 Å². The predicted octanol–water partition coefficient (Wildman–Crippen LogP) is 3.05. The number of hydrogen-bond acceptors (Lipinski definition) is 3. The van der Waals surface area contributed by atoms with E-state index in [4.69, 9.17) is 17.3 Å². The highest BCUT2D eigenvalue weighted by molar-refractivity contribution is 6.31. The molecule has 100 valence electrons. The van der Waals surface area contributed by atoms with E-state index in [2.05, 4.69) is 15.5 Å². The Kier molecular flexibility index (Phi) is 3.04. The third kappa shape index (κ3) is 2.19. The summed E-state index contributed by atoms with van der Waals surface area (Å²) in [6.07, 6.45) is 1.66. The maximum Gasteiger partial charge on any atom is 0.257 e. The number of H-pyrrole nitrogens is 1. The van der Waals surface area contributed by atoms with Crippen molar-refractivity contribution in [3.8, 4) is 0 Å². The van der Waals surface area contributed by atoms with Gasteiger partial charge in [0.1, 0.15) is 0 Å². The van der Waals surface area contributed by atoms with Gasteiger partial charge >= 0.3 is 0 Å². The summed E-state index contributed by atoms with van der Waals surface area (Å²) in [5, 5.41) is 10.9. The first kappa shape index (κ1) is 12.5. The lowest BCUT2D eigenvalue weighted by molar-refractivity contribution is 0.102. The van der Waals surface area contributed by atoms with Crippen LogP contribution in [-0.4, -0.2) is 16.1 Å². The zero-order valence-electron chi connectivity index (χ0n) is 10.4. The molecule has 1 aromatic heterocycles. The van der Waals surface area contributed by atoms with Crippen molar-refractivity contribution < 1.29 is 4.79 Å². The topological polar surface area (TPSA) is 83.8 Å². The molecule has 0 atom stereocenters. The molecule has 5 nitrogen and oxygen atoms in total. The molecule has 0 saturated carbocycles. The number of aromatic amines is 1. The summed E-state index contributed by atoms with van der Waals surface area (Å²) in [7, 11) is 0. The summed E-state index contributed by atoms with van der Waals surface area (Å²) < 4.78 is 0. The van der Waals surface area contributed by atoms with Crippen LogP contribution in [0.2, 0.25) is 5.02 Å². The molecule has 0 radical (unpaired) electrons. The lowest BCUT2D eigenvalue weighted by atomic mass is 10.1. The van der Waals surface area contributed by atoms with Crippen LogP contribution >= 0.6 is 11.6 Å². The van der Waals surface area contributed by atoms with Crippen LogP contribution in [-0.2, 0) is 0 Å². The number of amides is 1. The summed E-state index contributed by atoms with van der Waals surface area (Å²) in [5.41, 5.74) is 8.04. The van der Waals surface area contributed by atoms with Crippen molar-refractivity contribution in [2.45, 2.75) is 0 Å². The molecule has 2 aromatic carbocycles. The van der Waals surface area contributed by atoms with Crippen LogP contribution < -0.4 is 11.1 Å². The molecule has 3 aromatic rings. The number of aromatic nitrogens is 2. The molecule has 1 heterocycles. The summed E-state index contributed by atoms with van der Waals surface area (Å²) in [4.78, 5) is 12.3. The van der Waals surface area contributed by atoms with Crippen molar-refractivity contribution in [3.05, 3.63) is 53.2 Å². The predicted molar refractivity (Wildman–Crippen MR) is 79.9 cm³/mol. The Bertz CT molecular complexity index is 797. The van der Waals surface area contributed by atoms with E-state index in [9.17, 15) is 4.79 Å². The first-order valence-electron chi connectivity index (χ1n) is 5.93. The van der Waals surface area contributed by atoms with E-state index in [1.165, 1.54) is 0 Å². The van der Waals surface area contributed by atoms with Gasteiger partial charge in [0.2, 0.25) is 0 Å². The van der Waals surface area contributed by atoms with Gasteiger partial charge in [0, 0.05) is 16.1 Å². The standard InChI is InChI=1S/C14H11ClN4O/c15-8-4-5-11(16)9(6-8)14(20)18-12-2-1-3-13-10(12)7-17-19-13/h1-7H,16H2,(H,17,19)(H,18,20). The highest BCUT2D eigenvalue weighted by Crippen LogP contribution is 2.23. The molecular formula is C14H11ClN4O. The van der Waals surface area contributed by atoms with Crippen molar-refractivity contribution in [2.24, 2.45) is 0 Å². The number of fused-ring (bicyclic) bond motifs is 1. The molecule has 3 rings (SSSR count). The average molecular weight is 287 g/mol. The molecule has 4 N–H and O–H groups in total. The fourth-order valence-electron chi connectivity index (χ4n) is 1.99. The van der Waals surface area contributed by atoms with Gasteiger partial charge in [-0.15, -0.1) is 0 Å². The largest absolute Gasteiger partial charge is 0.398 e. The minimum Gasteiger partial charge on any atom is -0.398 e. The van der Waals surface area contributed by atoms with Crippen molar-refractivity contribution in [2.75, 3.05) is 11.1 Å². The first-order valence-corrected chi connectivity index (χ1v) is 6.31. The number of hydrogen-bond donors (Lipinski definition) is 3. The monoisotopic (exact) mass is 286 g/mol. The van der Waals surface area contributed by atoms with Gasteiger partial charge in [-0.2, -0.15) is 5.10 Å². The number of rotatable bonds is 2. The van der Waals surface area contributed by atoms with Crippen LogP contribution in [0.5, 0.6) is 0 Å². The van der Waals surface area contributed by atoms with E-state index in [1.54, 1.807) is 30.5 Å². The Labute approximate surface area is 119 Å². The first-order chi connectivity index (χ1) is 9.65. The lowest BCUT2D eigenvalue weighted by Gasteiger charge is -2.08. The Balaban J connectivity index is 1.96. The van der Waals surface area contributed by atoms with Gasteiger partial charge in [-0.05, 0) is 30.3 Å². The van der Waals surface area contributed by atoms with E-state index >= 15 is 0 Å². The van der Waals surface area contributed by atoms with Crippen molar-refractivity contribution in [1.29, 1.82) is 0 Å². The van der Waals surface area contributed by atoms with Crippen molar-refractivity contribution >= 4 is 39.8 Å². The van der Waals surface area contributed by atoms with E-state index in [0.29, 0.717) is 22.0 Å². The maximum absolute atomic E-state index is 12.3. The van der Waals surface area contributed by atoms with Crippen LogP contribution in [0.25, 0.3) is 10.9 Å². The molecule has 1 amide bonds. The number of benzene rings is 2. The summed E-state index contributed by atoms with van der Waals surface area (Å²) in [5.74, 6) is -0.307. The molecular weight excluding hydrogens is 276 g/mol. The van der Waals surface area contributed by atoms with Crippen LogP contribution in [0.3, 0.4) is 0 Å². The van der Waals surface area contributed by atoms with Crippen LogP contribution in [0.1, 0.15) is 10.4 Å². The van der Waals surface area contributed by atoms with E-state index < -0.39 is 0 Å². The number of nitrogens with two attached hydrogens (primary N) is 1. The van der Waals surface area contributed by atoms with E-state index in [1.807, 2.05) is 12.1 Å². The molecule has 0 aliphatic heterocycles. The highest BCUT2D eigenvalue weighted by Gasteiger charge is 2.12. The number of nitrogens with zero attached hydrogens (tertiary/aromatic N) is 1. The molecule has 0 spiro atoms. The molecule has 0 aliphatic rings. The SMILES string of the molecule is Nc1ccc(Cl)cc1C(=O)Nc1cccc2[nH]ncc12. The van der Waals surface area contributed by atoms with Crippen molar-refractivity contribution in [3.63, 3.8) is 0 Å². The van der Waals surface area contributed by atoms with Crippen molar-refractivity contribution in [1.82, 2.24) is 10.2 Å². The second-order valence-electron chi connectivity index (χ2n) is 4.32. The minimum absolute atomic E-state index is 0.307. The van der Waals surface area contributed by atoms with Gasteiger partial charge in [-0.3, -0.25) is 9.89 Å². The Morgan fingerprint density at radius 1 is 1.30 bits per heavy atom. The number of halogens is 1. The lowest BCUT2D eigenvalue weighted by Crippen LogP contribution is -2.14. The summed E-state index contributed by atoms with van der Waals surface area (Å²) >= 11 is 5.89. The minimum atomic E-state index is -0.307. The maximum atomic E-state index is 12.3.